The zero-order chi connectivity index (χ0) is 29.5. The van der Waals surface area contributed by atoms with Crippen LogP contribution in [0, 0.1) is 17.2 Å². The minimum atomic E-state index is -3.66. The number of aliphatic imine (C=N–C) groups is 1. The summed E-state index contributed by atoms with van der Waals surface area (Å²) in [7, 11) is -3.66. The lowest BCUT2D eigenvalue weighted by Crippen LogP contribution is -2.54. The number of carbonyl (C=O) groups excluding carboxylic acids is 1. The largest absolute Gasteiger partial charge is 0.481 e. The van der Waals surface area contributed by atoms with Crippen LogP contribution in [-0.4, -0.2) is 65.5 Å². The Morgan fingerprint density at radius 1 is 1.29 bits per heavy atom. The molecule has 2 aromatic rings. The number of carboxylic acid groups (broad SMARTS) is 1. The Labute approximate surface area is 249 Å². The molecule has 0 spiro atoms. The van der Waals surface area contributed by atoms with Gasteiger partial charge in [-0.05, 0) is 57.2 Å². The number of aromatic nitrogens is 1. The van der Waals surface area contributed by atoms with Crippen molar-refractivity contribution in [1.82, 2.24) is 14.6 Å². The summed E-state index contributed by atoms with van der Waals surface area (Å²) in [6, 6.07) is 3.39. The second-order valence-electron chi connectivity index (χ2n) is 10.7. The van der Waals surface area contributed by atoms with Crippen molar-refractivity contribution in [3.63, 3.8) is 0 Å². The van der Waals surface area contributed by atoms with E-state index in [9.17, 15) is 27.5 Å². The molecule has 41 heavy (non-hydrogen) atoms. The molecule has 1 aromatic carbocycles. The number of hydrogen-bond acceptors (Lipinski definition) is 9. The van der Waals surface area contributed by atoms with Gasteiger partial charge in [0.05, 0.1) is 22.8 Å². The van der Waals surface area contributed by atoms with Gasteiger partial charge in [-0.2, -0.15) is 0 Å². The Morgan fingerprint density at radius 2 is 2.00 bits per heavy atom. The highest BCUT2D eigenvalue weighted by molar-refractivity contribution is 9.10. The number of allylic oxidation sites excluding steroid dienone is 1. The van der Waals surface area contributed by atoms with E-state index >= 15 is 0 Å². The van der Waals surface area contributed by atoms with Gasteiger partial charge < -0.3 is 15.2 Å². The molecule has 2 aliphatic heterocycles. The molecule has 0 bridgehead atoms. The molecule has 1 unspecified atom stereocenters. The van der Waals surface area contributed by atoms with Gasteiger partial charge in [0.15, 0.2) is 10.8 Å². The van der Waals surface area contributed by atoms with E-state index in [1.54, 1.807) is 26.1 Å². The molecule has 1 saturated heterocycles. The Kier molecular flexibility index (Phi) is 8.39. The number of halogens is 2. The van der Waals surface area contributed by atoms with Gasteiger partial charge in [-0.25, -0.2) is 26.9 Å². The maximum atomic E-state index is 14.0. The molecule has 0 amide bonds. The van der Waals surface area contributed by atoms with E-state index in [1.165, 1.54) is 27.8 Å². The van der Waals surface area contributed by atoms with Crippen LogP contribution in [-0.2, 0) is 24.3 Å². The molecule has 1 atom stereocenters. The van der Waals surface area contributed by atoms with Crippen molar-refractivity contribution in [2.75, 3.05) is 19.7 Å². The van der Waals surface area contributed by atoms with E-state index in [1.807, 2.05) is 5.38 Å². The number of benzene rings is 1. The van der Waals surface area contributed by atoms with Crippen LogP contribution in [0.4, 0.5) is 4.39 Å². The second-order valence-corrected chi connectivity index (χ2v) is 14.6. The lowest BCUT2D eigenvalue weighted by atomic mass is 9.70. The van der Waals surface area contributed by atoms with Crippen molar-refractivity contribution in [2.45, 2.75) is 50.8 Å². The van der Waals surface area contributed by atoms with Crippen LogP contribution in [0.25, 0.3) is 0 Å². The first-order valence-electron chi connectivity index (χ1n) is 13.3. The van der Waals surface area contributed by atoms with E-state index in [2.05, 4.69) is 26.2 Å². The van der Waals surface area contributed by atoms with E-state index in [-0.39, 0.29) is 44.0 Å². The number of nitrogens with one attached hydrogen (secondary N) is 1. The topological polar surface area (TPSA) is 138 Å². The molecule has 14 heteroatoms. The second kappa shape index (κ2) is 11.5. The van der Waals surface area contributed by atoms with Gasteiger partial charge >= 0.3 is 11.9 Å². The number of hydrogen-bond donors (Lipinski definition) is 2. The quantitative estimate of drug-likeness (QED) is 0.398. The first-order chi connectivity index (χ1) is 19.4. The van der Waals surface area contributed by atoms with Crippen LogP contribution >= 0.6 is 27.3 Å². The number of piperidine rings is 1. The first-order valence-corrected chi connectivity index (χ1v) is 16.5. The maximum absolute atomic E-state index is 14.0. The number of esters is 1. The molecule has 5 rings (SSSR count). The Hall–Kier alpha value is -2.68. The minimum absolute atomic E-state index is 0.0895. The summed E-state index contributed by atoms with van der Waals surface area (Å²) < 4.78 is 47.9. The number of carboxylic acids is 1. The van der Waals surface area contributed by atoms with Crippen LogP contribution < -0.4 is 5.32 Å². The molecule has 2 fully saturated rings. The zero-order valence-electron chi connectivity index (χ0n) is 22.5. The SMILES string of the molecule is CCOC(=O)C1=C(C2CCN(S(=O)(=O)C3CC(C)(C(=O)O)C3)CC2)NC(c2nccs2)=NC1c1ccc(F)cc1Br. The van der Waals surface area contributed by atoms with Gasteiger partial charge in [-0.1, -0.05) is 22.0 Å². The van der Waals surface area contributed by atoms with Crippen LogP contribution in [0.1, 0.15) is 56.1 Å². The smallest absolute Gasteiger partial charge is 0.338 e. The molecular formula is C27H30BrFN4O6S2. The van der Waals surface area contributed by atoms with Crippen molar-refractivity contribution in [1.29, 1.82) is 0 Å². The van der Waals surface area contributed by atoms with Gasteiger partial charge in [0.1, 0.15) is 11.9 Å². The van der Waals surface area contributed by atoms with E-state index in [0.717, 1.165) is 0 Å². The third-order valence-corrected chi connectivity index (χ3v) is 11.7. The summed E-state index contributed by atoms with van der Waals surface area (Å²) in [5.74, 6) is -1.75. The molecule has 2 N–H and O–H groups in total. The standard InChI is InChI=1S/C27H30BrFN4O6S2/c1-3-39-25(34)20-21(15-6-9-33(10-7-15)41(37,38)17-13-27(2,14-17)26(35)36)31-23(24-30-8-11-40-24)32-22(20)18-5-4-16(29)12-19(18)28/h4-5,8,11-12,15,17,22H,3,6-7,9-10,13-14H2,1-2H3,(H,31,32)(H,35,36). The van der Waals surface area contributed by atoms with E-state index in [4.69, 9.17) is 9.73 Å². The van der Waals surface area contributed by atoms with Crippen LogP contribution in [0.2, 0.25) is 0 Å². The van der Waals surface area contributed by atoms with Crippen molar-refractivity contribution in [2.24, 2.45) is 16.3 Å². The monoisotopic (exact) mass is 668 g/mol. The fraction of sp³-hybridized carbons (Fsp3) is 0.481. The van der Waals surface area contributed by atoms with Gasteiger partial charge in [0.25, 0.3) is 0 Å². The summed E-state index contributed by atoms with van der Waals surface area (Å²) in [4.78, 5) is 34.1. The minimum Gasteiger partial charge on any atom is -0.481 e. The Morgan fingerprint density at radius 3 is 2.59 bits per heavy atom. The van der Waals surface area contributed by atoms with Gasteiger partial charge in [-0.3, -0.25) is 9.79 Å². The molecule has 10 nitrogen and oxygen atoms in total. The molecule has 3 heterocycles. The third kappa shape index (κ3) is 5.71. The number of rotatable bonds is 8. The van der Waals surface area contributed by atoms with Crippen molar-refractivity contribution >= 4 is 55.1 Å². The lowest BCUT2D eigenvalue weighted by Gasteiger charge is -2.44. The number of ether oxygens (including phenoxy) is 1. The highest BCUT2D eigenvalue weighted by Gasteiger charge is 2.53. The number of amidine groups is 1. The Bertz CT molecular complexity index is 1510. The average Bonchev–Trinajstić information content (AvgIpc) is 3.46. The van der Waals surface area contributed by atoms with Crippen LogP contribution in [0.5, 0.6) is 0 Å². The highest BCUT2D eigenvalue weighted by Crippen LogP contribution is 2.46. The van der Waals surface area contributed by atoms with Gasteiger partial charge in [-0.15, -0.1) is 11.3 Å². The maximum Gasteiger partial charge on any atom is 0.338 e. The highest BCUT2D eigenvalue weighted by atomic mass is 79.9. The average molecular weight is 670 g/mol. The van der Waals surface area contributed by atoms with Crippen LogP contribution in [0.3, 0.4) is 0 Å². The molecule has 1 aliphatic carbocycles. The summed E-state index contributed by atoms with van der Waals surface area (Å²) >= 11 is 4.80. The number of sulfonamides is 1. The fourth-order valence-electron chi connectivity index (χ4n) is 5.66. The number of carbonyl (C=O) groups is 2. The number of nitrogens with zero attached hydrogens (tertiary/aromatic N) is 3. The Balaban J connectivity index is 1.46. The lowest BCUT2D eigenvalue weighted by molar-refractivity contribution is -0.152. The third-order valence-electron chi connectivity index (χ3n) is 7.98. The fourth-order valence-corrected chi connectivity index (χ4v) is 9.11. The van der Waals surface area contributed by atoms with E-state index < -0.39 is 44.5 Å². The molecule has 1 saturated carbocycles. The van der Waals surface area contributed by atoms with Crippen LogP contribution in [0.15, 0.2) is 50.5 Å². The number of aliphatic carboxylic acids is 1. The molecular weight excluding hydrogens is 639 g/mol. The normalized spacial score (nSPS) is 25.7. The van der Waals surface area contributed by atoms with Crippen molar-refractivity contribution in [3.8, 4) is 0 Å². The summed E-state index contributed by atoms with van der Waals surface area (Å²) in [5, 5.41) is 14.4. The number of thiazole rings is 1. The predicted molar refractivity (Wildman–Crippen MR) is 154 cm³/mol. The molecule has 3 aliphatic rings. The van der Waals surface area contributed by atoms with Crippen molar-refractivity contribution < 1.29 is 32.2 Å². The van der Waals surface area contributed by atoms with Gasteiger partial charge in [0.2, 0.25) is 10.0 Å². The summed E-state index contributed by atoms with van der Waals surface area (Å²) in [6.07, 6.45) is 2.68. The molecule has 0 radical (unpaired) electrons. The molecule has 220 valence electrons. The predicted octanol–water partition coefficient (Wildman–Crippen LogP) is 4.25. The summed E-state index contributed by atoms with van der Waals surface area (Å²) in [6.45, 7) is 3.87. The molecule has 1 aromatic heterocycles. The van der Waals surface area contributed by atoms with Gasteiger partial charge in [0, 0.05) is 40.8 Å². The first kappa shape index (κ1) is 29.8. The van der Waals surface area contributed by atoms with Crippen molar-refractivity contribution in [3.05, 3.63) is 61.9 Å². The summed E-state index contributed by atoms with van der Waals surface area (Å²) in [5.41, 5.74) is 0.436. The van der Waals surface area contributed by atoms with E-state index in [0.29, 0.717) is 39.4 Å². The zero-order valence-corrected chi connectivity index (χ0v) is 25.7.